The zero-order chi connectivity index (χ0) is 25.3. The summed E-state index contributed by atoms with van der Waals surface area (Å²) in [7, 11) is 0. The van der Waals surface area contributed by atoms with Crippen molar-refractivity contribution in [3.05, 3.63) is 105 Å². The summed E-state index contributed by atoms with van der Waals surface area (Å²) in [5.74, 6) is 0. The maximum Gasteiger partial charge on any atom is 0.0671 e. The number of nitrogens with one attached hydrogen (secondary N) is 1. The Morgan fingerprint density at radius 1 is 0.706 bits per heavy atom. The molecule has 0 heterocycles. The van der Waals surface area contributed by atoms with Gasteiger partial charge in [0.15, 0.2) is 0 Å². The summed E-state index contributed by atoms with van der Waals surface area (Å²) in [5.41, 5.74) is 3.66. The number of hydrogen-bond acceptors (Lipinski definition) is 3. The van der Waals surface area contributed by atoms with Crippen molar-refractivity contribution in [2.45, 2.75) is 44.2 Å². The van der Waals surface area contributed by atoms with Crippen LogP contribution in [0.5, 0.6) is 0 Å². The molecule has 0 amide bonds. The highest BCUT2D eigenvalue weighted by Gasteiger charge is 2.04. The van der Waals surface area contributed by atoms with E-state index < -0.39 is 0 Å². The van der Waals surface area contributed by atoms with E-state index in [2.05, 4.69) is 45.5 Å². The molecule has 1 unspecified atom stereocenters. The first-order valence-corrected chi connectivity index (χ1v) is 13.1. The van der Waals surface area contributed by atoms with Crippen molar-refractivity contribution in [1.29, 1.82) is 0 Å². The molecule has 0 aliphatic carbocycles. The third kappa shape index (κ3) is 15.7. The first-order valence-electron chi connectivity index (χ1n) is 11.1. The standard InChI is InChI=1S/C16H16BrCl2N.C8H9ClO.C3H8O/c17-16(11-13-3-7-15(19)8-4-13)20-10-9-12-1-5-14(18)6-2-12;9-8-3-1-7(2-4-8)5-6-10;1-3(2)4/h1-8,16,20H,9-11H2;1-4,10H,5-6H2;3-4H,1-2H3. The molecular weight excluding hydrogens is 557 g/mol. The van der Waals surface area contributed by atoms with Crippen LogP contribution in [-0.4, -0.2) is 34.4 Å². The van der Waals surface area contributed by atoms with Gasteiger partial charge in [0.2, 0.25) is 0 Å². The fourth-order valence-corrected chi connectivity index (χ4v) is 3.68. The molecule has 7 heteroatoms. The Kier molecular flexibility index (Phi) is 16.6. The average molecular weight is 590 g/mol. The first-order chi connectivity index (χ1) is 16.2. The molecule has 0 aromatic heterocycles. The minimum atomic E-state index is -0.167. The van der Waals surface area contributed by atoms with Gasteiger partial charge in [-0.15, -0.1) is 0 Å². The molecule has 3 aromatic rings. The Morgan fingerprint density at radius 2 is 1.06 bits per heavy atom. The van der Waals surface area contributed by atoms with Crippen molar-refractivity contribution in [3.8, 4) is 0 Å². The summed E-state index contributed by atoms with van der Waals surface area (Å²) in [5, 5.41) is 22.4. The van der Waals surface area contributed by atoms with Gasteiger partial charge in [-0.25, -0.2) is 0 Å². The summed E-state index contributed by atoms with van der Waals surface area (Å²) in [6.45, 7) is 4.56. The van der Waals surface area contributed by atoms with Crippen molar-refractivity contribution < 1.29 is 10.2 Å². The molecule has 0 aliphatic heterocycles. The van der Waals surface area contributed by atoms with E-state index in [0.29, 0.717) is 6.42 Å². The molecule has 0 aliphatic rings. The van der Waals surface area contributed by atoms with Gasteiger partial charge in [0, 0.05) is 34.3 Å². The van der Waals surface area contributed by atoms with Crippen LogP contribution in [0.15, 0.2) is 72.8 Å². The van der Waals surface area contributed by atoms with Crippen LogP contribution in [0, 0.1) is 0 Å². The average Bonchev–Trinajstić information content (AvgIpc) is 2.79. The van der Waals surface area contributed by atoms with E-state index in [-0.39, 0.29) is 17.7 Å². The summed E-state index contributed by atoms with van der Waals surface area (Å²) in [4.78, 5) is 0.260. The van der Waals surface area contributed by atoms with Gasteiger partial charge in [0.1, 0.15) is 0 Å². The number of alkyl halides is 1. The van der Waals surface area contributed by atoms with E-state index in [4.69, 9.17) is 45.0 Å². The molecule has 3 rings (SSSR count). The third-order valence-electron chi connectivity index (χ3n) is 4.33. The summed E-state index contributed by atoms with van der Waals surface area (Å²) in [6.07, 6.45) is 2.45. The summed E-state index contributed by atoms with van der Waals surface area (Å²) >= 11 is 21.0. The lowest BCUT2D eigenvalue weighted by Crippen LogP contribution is -2.27. The fourth-order valence-electron chi connectivity index (χ4n) is 2.70. The normalized spacial score (nSPS) is 11.2. The number of hydrogen-bond donors (Lipinski definition) is 3. The van der Waals surface area contributed by atoms with Crippen molar-refractivity contribution in [1.82, 2.24) is 5.32 Å². The van der Waals surface area contributed by atoms with E-state index in [9.17, 15) is 0 Å². The van der Waals surface area contributed by atoms with Crippen LogP contribution in [0.2, 0.25) is 15.1 Å². The van der Waals surface area contributed by atoms with Crippen LogP contribution in [0.3, 0.4) is 0 Å². The molecule has 3 N–H and O–H groups in total. The van der Waals surface area contributed by atoms with E-state index in [1.165, 1.54) is 11.1 Å². The lowest BCUT2D eigenvalue weighted by molar-refractivity contribution is 0.216. The van der Waals surface area contributed by atoms with Crippen molar-refractivity contribution >= 4 is 50.7 Å². The van der Waals surface area contributed by atoms with Gasteiger partial charge < -0.3 is 15.5 Å². The van der Waals surface area contributed by atoms with Crippen LogP contribution in [0.25, 0.3) is 0 Å². The van der Waals surface area contributed by atoms with Crippen LogP contribution in [0.1, 0.15) is 30.5 Å². The van der Waals surface area contributed by atoms with Gasteiger partial charge in [0.05, 0.1) is 4.95 Å². The molecule has 1 atom stereocenters. The maximum absolute atomic E-state index is 8.56. The molecule has 0 bridgehead atoms. The highest BCUT2D eigenvalue weighted by atomic mass is 79.9. The molecule has 0 fully saturated rings. The van der Waals surface area contributed by atoms with Gasteiger partial charge in [-0.3, -0.25) is 0 Å². The Labute approximate surface area is 227 Å². The summed E-state index contributed by atoms with van der Waals surface area (Å²) < 4.78 is 0. The minimum Gasteiger partial charge on any atom is -0.396 e. The predicted molar refractivity (Wildman–Crippen MR) is 151 cm³/mol. The molecule has 186 valence electrons. The van der Waals surface area contributed by atoms with Gasteiger partial charge in [-0.2, -0.15) is 0 Å². The summed E-state index contributed by atoms with van der Waals surface area (Å²) in [6, 6.07) is 23.4. The quantitative estimate of drug-likeness (QED) is 0.190. The zero-order valence-electron chi connectivity index (χ0n) is 19.5. The van der Waals surface area contributed by atoms with E-state index in [0.717, 1.165) is 40.0 Å². The smallest absolute Gasteiger partial charge is 0.0671 e. The monoisotopic (exact) mass is 587 g/mol. The number of rotatable bonds is 8. The second-order valence-electron chi connectivity index (χ2n) is 7.82. The second-order valence-corrected chi connectivity index (χ2v) is 10.2. The van der Waals surface area contributed by atoms with Crippen LogP contribution in [-0.2, 0) is 19.3 Å². The lowest BCUT2D eigenvalue weighted by Gasteiger charge is -2.12. The Morgan fingerprint density at radius 3 is 1.44 bits per heavy atom. The van der Waals surface area contributed by atoms with Crippen molar-refractivity contribution in [2.75, 3.05) is 13.2 Å². The highest BCUT2D eigenvalue weighted by molar-refractivity contribution is 9.09. The van der Waals surface area contributed by atoms with Gasteiger partial charge in [-0.05, 0) is 86.2 Å². The Bertz CT molecular complexity index is 902. The minimum absolute atomic E-state index is 0.167. The fraction of sp³-hybridized carbons (Fsp3) is 0.333. The largest absolute Gasteiger partial charge is 0.396 e. The van der Waals surface area contributed by atoms with E-state index in [1.807, 2.05) is 48.5 Å². The Balaban J connectivity index is 0.000000343. The van der Waals surface area contributed by atoms with Gasteiger partial charge in [-0.1, -0.05) is 87.1 Å². The highest BCUT2D eigenvalue weighted by Crippen LogP contribution is 2.14. The molecule has 0 radical (unpaired) electrons. The molecule has 3 aromatic carbocycles. The van der Waals surface area contributed by atoms with Crippen LogP contribution >= 0.6 is 50.7 Å². The molecular formula is C27H33BrCl3NO2. The predicted octanol–water partition coefficient (Wildman–Crippen LogP) is 7.35. The van der Waals surface area contributed by atoms with Gasteiger partial charge >= 0.3 is 0 Å². The lowest BCUT2D eigenvalue weighted by atomic mass is 10.1. The van der Waals surface area contributed by atoms with Crippen LogP contribution in [0.4, 0.5) is 0 Å². The Hall–Kier alpha value is -1.11. The zero-order valence-corrected chi connectivity index (χ0v) is 23.4. The maximum atomic E-state index is 8.56. The molecule has 34 heavy (non-hydrogen) atoms. The second kappa shape index (κ2) is 18.2. The molecule has 3 nitrogen and oxygen atoms in total. The van der Waals surface area contributed by atoms with Gasteiger partial charge in [0.25, 0.3) is 0 Å². The van der Waals surface area contributed by atoms with E-state index >= 15 is 0 Å². The molecule has 0 spiro atoms. The third-order valence-corrected chi connectivity index (χ3v) is 5.74. The topological polar surface area (TPSA) is 52.5 Å². The molecule has 0 saturated carbocycles. The number of aliphatic hydroxyl groups excluding tert-OH is 2. The van der Waals surface area contributed by atoms with E-state index in [1.54, 1.807) is 13.8 Å². The van der Waals surface area contributed by atoms with Crippen molar-refractivity contribution in [3.63, 3.8) is 0 Å². The number of benzene rings is 3. The van der Waals surface area contributed by atoms with Crippen LogP contribution < -0.4 is 5.32 Å². The van der Waals surface area contributed by atoms with Crippen molar-refractivity contribution in [2.24, 2.45) is 0 Å². The number of halogens is 4. The molecule has 0 saturated heterocycles. The number of aliphatic hydroxyl groups is 2. The SMILES string of the molecule is CC(C)O.Clc1ccc(CCNC(Br)Cc2ccc(Cl)cc2)cc1.OCCc1ccc(Cl)cc1. The first kappa shape index (κ1) is 30.9.